The van der Waals surface area contributed by atoms with Crippen molar-refractivity contribution in [3.63, 3.8) is 0 Å². The van der Waals surface area contributed by atoms with Crippen molar-refractivity contribution < 1.29 is 19.4 Å². The van der Waals surface area contributed by atoms with Crippen LogP contribution in [0.5, 0.6) is 5.75 Å². The standard InChI is InChI=1S/C35H39N3O4/c1-4-5-16-38(2)35(41)31-15-13-26(20-36-31)28-18-29-27(14-12-23-6-10-25(22-39)11-7-23)30(33(40)17-24-8-9-24)21-37-32(29)19-34(28)42-3/h6-7,10-11,13,15,18-21,24,39H,4-5,8-9,12,14,16-17,22H2,1-3H3. The van der Waals surface area contributed by atoms with E-state index in [2.05, 4.69) is 11.9 Å². The van der Waals surface area contributed by atoms with Gasteiger partial charge in [0.15, 0.2) is 5.78 Å². The van der Waals surface area contributed by atoms with Crippen LogP contribution in [0.3, 0.4) is 0 Å². The predicted molar refractivity (Wildman–Crippen MR) is 165 cm³/mol. The number of aliphatic hydroxyl groups is 1. The number of hydrogen-bond donors (Lipinski definition) is 1. The quantitative estimate of drug-likeness (QED) is 0.188. The summed E-state index contributed by atoms with van der Waals surface area (Å²) >= 11 is 0. The molecule has 0 bridgehead atoms. The second-order valence-corrected chi connectivity index (χ2v) is 11.3. The van der Waals surface area contributed by atoms with Gasteiger partial charge in [-0.2, -0.15) is 0 Å². The summed E-state index contributed by atoms with van der Waals surface area (Å²) in [6.45, 7) is 2.81. The fourth-order valence-electron chi connectivity index (χ4n) is 5.33. The molecule has 1 saturated carbocycles. The Morgan fingerprint density at radius 2 is 1.76 bits per heavy atom. The van der Waals surface area contributed by atoms with Gasteiger partial charge in [-0.05, 0) is 66.8 Å². The summed E-state index contributed by atoms with van der Waals surface area (Å²) in [6, 6.07) is 15.6. The lowest BCUT2D eigenvalue weighted by Gasteiger charge is -2.17. The Morgan fingerprint density at radius 1 is 1.00 bits per heavy atom. The molecular weight excluding hydrogens is 526 g/mol. The molecule has 0 aliphatic heterocycles. The highest BCUT2D eigenvalue weighted by Gasteiger charge is 2.27. The monoisotopic (exact) mass is 565 g/mol. The first kappa shape index (κ1) is 29.4. The molecule has 1 amide bonds. The molecule has 0 unspecified atom stereocenters. The van der Waals surface area contributed by atoms with Crippen molar-refractivity contribution in [1.29, 1.82) is 0 Å². The van der Waals surface area contributed by atoms with E-state index in [4.69, 9.17) is 9.72 Å². The molecule has 7 heteroatoms. The second kappa shape index (κ2) is 13.3. The number of ether oxygens (including phenoxy) is 1. The van der Waals surface area contributed by atoms with Crippen LogP contribution in [0.2, 0.25) is 0 Å². The summed E-state index contributed by atoms with van der Waals surface area (Å²) in [5, 5.41) is 10.3. The number of amides is 1. The number of nitrogens with zero attached hydrogens (tertiary/aromatic N) is 3. The van der Waals surface area contributed by atoms with Gasteiger partial charge in [-0.15, -0.1) is 0 Å². The van der Waals surface area contributed by atoms with E-state index in [1.54, 1.807) is 37.5 Å². The van der Waals surface area contributed by atoms with Crippen LogP contribution >= 0.6 is 0 Å². The van der Waals surface area contributed by atoms with Crippen LogP contribution in [0, 0.1) is 5.92 Å². The number of carbonyl (C=O) groups is 2. The topological polar surface area (TPSA) is 92.6 Å². The molecule has 0 atom stereocenters. The molecule has 0 spiro atoms. The Hall–Kier alpha value is -4.10. The summed E-state index contributed by atoms with van der Waals surface area (Å²) < 4.78 is 5.77. The third-order valence-electron chi connectivity index (χ3n) is 8.13. The Kier molecular flexibility index (Phi) is 9.28. The van der Waals surface area contributed by atoms with E-state index in [9.17, 15) is 14.7 Å². The molecule has 1 aliphatic rings. The first-order valence-electron chi connectivity index (χ1n) is 14.8. The Morgan fingerprint density at radius 3 is 2.40 bits per heavy atom. The van der Waals surface area contributed by atoms with Gasteiger partial charge >= 0.3 is 0 Å². The summed E-state index contributed by atoms with van der Waals surface area (Å²) in [5.74, 6) is 1.18. The van der Waals surface area contributed by atoms with Crippen LogP contribution in [0.1, 0.15) is 76.6 Å². The molecule has 2 aromatic heterocycles. The zero-order valence-corrected chi connectivity index (χ0v) is 24.7. The van der Waals surface area contributed by atoms with Crippen molar-refractivity contribution in [2.24, 2.45) is 5.92 Å². The molecule has 1 fully saturated rings. The fourth-order valence-corrected chi connectivity index (χ4v) is 5.33. The SMILES string of the molecule is CCCCN(C)C(=O)c1ccc(-c2cc3c(CCc4ccc(CO)cc4)c(C(=O)CC4CC4)cnc3cc2OC)cn1. The molecule has 0 saturated heterocycles. The molecule has 1 N–H and O–H groups in total. The number of hydrogen-bond acceptors (Lipinski definition) is 6. The number of aliphatic hydroxyl groups excluding tert-OH is 1. The van der Waals surface area contributed by atoms with Gasteiger partial charge in [0, 0.05) is 60.5 Å². The molecular formula is C35H39N3O4. The largest absolute Gasteiger partial charge is 0.496 e. The fraction of sp³-hybridized carbons (Fsp3) is 0.371. The zero-order valence-electron chi connectivity index (χ0n) is 24.7. The third kappa shape index (κ3) is 6.68. The Labute approximate surface area is 247 Å². The van der Waals surface area contributed by atoms with Crippen molar-refractivity contribution in [2.75, 3.05) is 20.7 Å². The zero-order chi connectivity index (χ0) is 29.6. The lowest BCUT2D eigenvalue weighted by molar-refractivity contribution is 0.0787. The summed E-state index contributed by atoms with van der Waals surface area (Å²) in [6.07, 6.45) is 9.61. The number of methoxy groups -OCH3 is 1. The minimum atomic E-state index is -0.0993. The van der Waals surface area contributed by atoms with Crippen LogP contribution < -0.4 is 4.74 Å². The minimum Gasteiger partial charge on any atom is -0.496 e. The molecule has 2 aromatic carbocycles. The van der Waals surface area contributed by atoms with Crippen molar-refractivity contribution >= 4 is 22.6 Å². The molecule has 2 heterocycles. The number of fused-ring (bicyclic) bond motifs is 1. The molecule has 0 radical (unpaired) electrons. The minimum absolute atomic E-state index is 0.0131. The molecule has 4 aromatic rings. The Bertz CT molecular complexity index is 1560. The maximum atomic E-state index is 13.4. The number of ketones is 1. The van der Waals surface area contributed by atoms with E-state index >= 15 is 0 Å². The van der Waals surface area contributed by atoms with Crippen molar-refractivity contribution in [3.05, 3.63) is 88.9 Å². The van der Waals surface area contributed by atoms with E-state index in [-0.39, 0.29) is 18.3 Å². The number of Topliss-reactive ketones (excluding diaryl/α,β-unsaturated/α-hetero) is 1. The van der Waals surface area contributed by atoms with E-state index < -0.39 is 0 Å². The van der Waals surface area contributed by atoms with E-state index in [1.807, 2.05) is 42.5 Å². The highest BCUT2D eigenvalue weighted by molar-refractivity contribution is 6.03. The Balaban J connectivity index is 1.52. The van der Waals surface area contributed by atoms with Crippen molar-refractivity contribution in [1.82, 2.24) is 14.9 Å². The van der Waals surface area contributed by atoms with Gasteiger partial charge in [0.25, 0.3) is 5.91 Å². The third-order valence-corrected chi connectivity index (χ3v) is 8.13. The van der Waals surface area contributed by atoms with Gasteiger partial charge in [-0.1, -0.05) is 43.7 Å². The first-order chi connectivity index (χ1) is 20.4. The highest BCUT2D eigenvalue weighted by atomic mass is 16.5. The molecule has 5 rings (SSSR count). The number of unbranched alkanes of at least 4 members (excludes halogenated alkanes) is 1. The van der Waals surface area contributed by atoms with E-state index in [1.165, 1.54) is 0 Å². The van der Waals surface area contributed by atoms with Crippen LogP contribution in [0.15, 0.2) is 60.9 Å². The number of pyridine rings is 2. The van der Waals surface area contributed by atoms with Crippen LogP contribution in [0.4, 0.5) is 0 Å². The van der Waals surface area contributed by atoms with Gasteiger partial charge in [0.05, 0.1) is 19.2 Å². The first-order valence-corrected chi connectivity index (χ1v) is 14.8. The van der Waals surface area contributed by atoms with Crippen molar-refractivity contribution in [2.45, 2.75) is 58.5 Å². The van der Waals surface area contributed by atoms with Crippen molar-refractivity contribution in [3.8, 4) is 16.9 Å². The van der Waals surface area contributed by atoms with Crippen LogP contribution in [-0.4, -0.2) is 52.4 Å². The molecule has 42 heavy (non-hydrogen) atoms. The number of aryl methyl sites for hydroxylation is 2. The maximum absolute atomic E-state index is 13.4. The molecule has 7 nitrogen and oxygen atoms in total. The number of aromatic nitrogens is 2. The smallest absolute Gasteiger partial charge is 0.272 e. The lowest BCUT2D eigenvalue weighted by atomic mass is 9.91. The van der Waals surface area contributed by atoms with Gasteiger partial charge in [-0.25, -0.2) is 0 Å². The van der Waals surface area contributed by atoms with Gasteiger partial charge < -0.3 is 14.7 Å². The maximum Gasteiger partial charge on any atom is 0.272 e. The number of benzene rings is 2. The predicted octanol–water partition coefficient (Wildman–Crippen LogP) is 6.44. The van der Waals surface area contributed by atoms with Gasteiger partial charge in [0.2, 0.25) is 0 Å². The van der Waals surface area contributed by atoms with Gasteiger partial charge in [-0.3, -0.25) is 19.6 Å². The normalized spacial score (nSPS) is 12.9. The molecule has 218 valence electrons. The average Bonchev–Trinajstić information content (AvgIpc) is 3.85. The van der Waals surface area contributed by atoms with Crippen LogP contribution in [-0.2, 0) is 19.4 Å². The average molecular weight is 566 g/mol. The second-order valence-electron chi connectivity index (χ2n) is 11.3. The summed E-state index contributed by atoms with van der Waals surface area (Å²) in [4.78, 5) is 37.2. The summed E-state index contributed by atoms with van der Waals surface area (Å²) in [5.41, 5.74) is 6.50. The van der Waals surface area contributed by atoms with Crippen LogP contribution in [0.25, 0.3) is 22.0 Å². The highest BCUT2D eigenvalue weighted by Crippen LogP contribution is 2.38. The molecule has 1 aliphatic carbocycles. The lowest BCUT2D eigenvalue weighted by Crippen LogP contribution is -2.28. The van der Waals surface area contributed by atoms with E-state index in [0.717, 1.165) is 70.8 Å². The van der Waals surface area contributed by atoms with Gasteiger partial charge in [0.1, 0.15) is 11.4 Å². The number of rotatable bonds is 13. The van der Waals surface area contributed by atoms with E-state index in [0.29, 0.717) is 42.3 Å². The number of carbonyl (C=O) groups excluding carboxylic acids is 2. The summed E-state index contributed by atoms with van der Waals surface area (Å²) in [7, 11) is 3.43.